The Bertz CT molecular complexity index is 379. The molecule has 0 spiro atoms. The Morgan fingerprint density at radius 3 is 2.62 bits per heavy atom. The molecule has 2 rings (SSSR count). The van der Waals surface area contributed by atoms with Crippen molar-refractivity contribution in [1.82, 2.24) is 0 Å². The predicted octanol–water partition coefficient (Wildman–Crippen LogP) is 3.19. The molecule has 1 fully saturated rings. The van der Waals surface area contributed by atoms with E-state index in [1.807, 2.05) is 18.2 Å². The van der Waals surface area contributed by atoms with Crippen LogP contribution >= 0.6 is 0 Å². The molecule has 0 aromatic heterocycles. The van der Waals surface area contributed by atoms with Gasteiger partial charge >= 0.3 is 5.97 Å². The van der Waals surface area contributed by atoms with Gasteiger partial charge in [0.1, 0.15) is 6.61 Å². The van der Waals surface area contributed by atoms with Crippen molar-refractivity contribution in [2.75, 3.05) is 6.61 Å². The largest absolute Gasteiger partial charge is 0.461 e. The summed E-state index contributed by atoms with van der Waals surface area (Å²) in [6.45, 7) is 0.452. The van der Waals surface area contributed by atoms with Crippen LogP contribution in [0.2, 0.25) is 0 Å². The first kappa shape index (κ1) is 10.9. The van der Waals surface area contributed by atoms with Crippen molar-refractivity contribution in [2.45, 2.75) is 25.7 Å². The van der Waals surface area contributed by atoms with Crippen LogP contribution in [-0.4, -0.2) is 12.6 Å². The average molecular weight is 216 g/mol. The maximum atomic E-state index is 11.2. The highest BCUT2D eigenvalue weighted by Crippen LogP contribution is 2.17. The van der Waals surface area contributed by atoms with E-state index in [0.717, 1.165) is 19.3 Å². The summed E-state index contributed by atoms with van der Waals surface area (Å²) in [6.07, 6.45) is 5.73. The van der Waals surface area contributed by atoms with Gasteiger partial charge in [-0.25, -0.2) is 0 Å². The molecule has 0 atom stereocenters. The summed E-state index contributed by atoms with van der Waals surface area (Å²) in [5, 5.41) is 0. The number of carbonyl (C=O) groups excluding carboxylic acids is 1. The average Bonchev–Trinajstić information content (AvgIpc) is 2.30. The molecule has 1 aliphatic rings. The Labute approximate surface area is 95.9 Å². The van der Waals surface area contributed by atoms with Gasteiger partial charge in [0.2, 0.25) is 0 Å². The van der Waals surface area contributed by atoms with Crippen LogP contribution in [0.5, 0.6) is 0 Å². The normalized spacial score (nSPS) is 20.0. The van der Waals surface area contributed by atoms with Gasteiger partial charge in [-0.15, -0.1) is 0 Å². The smallest absolute Gasteiger partial charge is 0.306 e. The molecule has 0 N–H and O–H groups in total. The Balaban J connectivity index is 2.07. The third-order valence-electron chi connectivity index (χ3n) is 2.72. The van der Waals surface area contributed by atoms with Gasteiger partial charge in [-0.05, 0) is 30.4 Å². The Morgan fingerprint density at radius 2 is 1.81 bits per heavy atom. The molecule has 0 bridgehead atoms. The van der Waals surface area contributed by atoms with E-state index in [1.54, 1.807) is 0 Å². The third-order valence-corrected chi connectivity index (χ3v) is 2.72. The molecule has 0 radical (unpaired) electrons. The quantitative estimate of drug-likeness (QED) is 0.674. The SMILES string of the molecule is O=C1CCCCC(=Cc2ccccc2)CO1. The molecule has 0 unspecified atom stereocenters. The lowest BCUT2D eigenvalue weighted by Gasteiger charge is -2.12. The van der Waals surface area contributed by atoms with Crippen molar-refractivity contribution in [3.8, 4) is 0 Å². The number of rotatable bonds is 1. The summed E-state index contributed by atoms with van der Waals surface area (Å²) in [5.41, 5.74) is 2.38. The summed E-state index contributed by atoms with van der Waals surface area (Å²) in [7, 11) is 0. The second-order valence-corrected chi connectivity index (χ2v) is 4.08. The van der Waals surface area contributed by atoms with Crippen LogP contribution in [0.15, 0.2) is 35.9 Å². The number of hydrogen-bond donors (Lipinski definition) is 0. The first-order valence-corrected chi connectivity index (χ1v) is 5.75. The van der Waals surface area contributed by atoms with Gasteiger partial charge in [-0.2, -0.15) is 0 Å². The van der Waals surface area contributed by atoms with Crippen molar-refractivity contribution in [2.24, 2.45) is 0 Å². The predicted molar refractivity (Wildman–Crippen MR) is 63.8 cm³/mol. The molecule has 2 heteroatoms. The number of carbonyl (C=O) groups is 1. The highest BCUT2D eigenvalue weighted by atomic mass is 16.5. The van der Waals surface area contributed by atoms with E-state index < -0.39 is 0 Å². The van der Waals surface area contributed by atoms with E-state index in [2.05, 4.69) is 18.2 Å². The Kier molecular flexibility index (Phi) is 3.76. The van der Waals surface area contributed by atoms with Gasteiger partial charge < -0.3 is 4.74 Å². The lowest BCUT2D eigenvalue weighted by atomic mass is 10.0. The minimum atomic E-state index is -0.0707. The summed E-state index contributed by atoms with van der Waals surface area (Å²) in [6, 6.07) is 10.2. The number of esters is 1. The minimum absolute atomic E-state index is 0.0707. The molecule has 1 saturated heterocycles. The van der Waals surface area contributed by atoms with Crippen LogP contribution in [-0.2, 0) is 9.53 Å². The second-order valence-electron chi connectivity index (χ2n) is 4.08. The first-order chi connectivity index (χ1) is 7.84. The molecule has 2 nitrogen and oxygen atoms in total. The van der Waals surface area contributed by atoms with Crippen LogP contribution in [0.1, 0.15) is 31.2 Å². The van der Waals surface area contributed by atoms with Gasteiger partial charge in [-0.1, -0.05) is 36.4 Å². The summed E-state index contributed by atoms with van der Waals surface area (Å²) in [5.74, 6) is -0.0707. The fourth-order valence-corrected chi connectivity index (χ4v) is 1.84. The lowest BCUT2D eigenvalue weighted by Crippen LogP contribution is -2.10. The Hall–Kier alpha value is -1.57. The standard InChI is InChI=1S/C14H16O2/c15-14-9-5-4-8-13(11-16-14)10-12-6-2-1-3-7-12/h1-3,6-7,10H,4-5,8-9,11H2. The van der Waals surface area contributed by atoms with E-state index in [9.17, 15) is 4.79 Å². The van der Waals surface area contributed by atoms with Gasteiger partial charge in [-0.3, -0.25) is 4.79 Å². The van der Waals surface area contributed by atoms with Crippen LogP contribution in [0, 0.1) is 0 Å². The molecule has 1 aliphatic heterocycles. The van der Waals surface area contributed by atoms with E-state index >= 15 is 0 Å². The summed E-state index contributed by atoms with van der Waals surface area (Å²) < 4.78 is 5.16. The van der Waals surface area contributed by atoms with Crippen molar-refractivity contribution in [3.63, 3.8) is 0 Å². The second kappa shape index (κ2) is 5.50. The van der Waals surface area contributed by atoms with Crippen LogP contribution < -0.4 is 0 Å². The number of hydrogen-bond acceptors (Lipinski definition) is 2. The van der Waals surface area contributed by atoms with Crippen LogP contribution in [0.4, 0.5) is 0 Å². The molecule has 0 aliphatic carbocycles. The van der Waals surface area contributed by atoms with Crippen molar-refractivity contribution < 1.29 is 9.53 Å². The van der Waals surface area contributed by atoms with Gasteiger partial charge in [0.25, 0.3) is 0 Å². The molecule has 1 aromatic carbocycles. The van der Waals surface area contributed by atoms with Crippen LogP contribution in [0.3, 0.4) is 0 Å². The van der Waals surface area contributed by atoms with E-state index in [1.165, 1.54) is 11.1 Å². The molecule has 16 heavy (non-hydrogen) atoms. The molecule has 0 saturated carbocycles. The van der Waals surface area contributed by atoms with Crippen LogP contribution in [0.25, 0.3) is 6.08 Å². The minimum Gasteiger partial charge on any atom is -0.461 e. The third kappa shape index (κ3) is 3.23. The number of benzene rings is 1. The fourth-order valence-electron chi connectivity index (χ4n) is 1.84. The van der Waals surface area contributed by atoms with Gasteiger partial charge in [0.05, 0.1) is 0 Å². The molecular formula is C14H16O2. The van der Waals surface area contributed by atoms with Crippen molar-refractivity contribution in [3.05, 3.63) is 41.5 Å². The zero-order valence-corrected chi connectivity index (χ0v) is 9.32. The first-order valence-electron chi connectivity index (χ1n) is 5.75. The fraction of sp³-hybridized carbons (Fsp3) is 0.357. The van der Waals surface area contributed by atoms with Gasteiger partial charge in [0.15, 0.2) is 0 Å². The monoisotopic (exact) mass is 216 g/mol. The van der Waals surface area contributed by atoms with E-state index in [-0.39, 0.29) is 5.97 Å². The maximum Gasteiger partial charge on any atom is 0.306 e. The van der Waals surface area contributed by atoms with E-state index in [4.69, 9.17) is 4.74 Å². The zero-order chi connectivity index (χ0) is 11.2. The topological polar surface area (TPSA) is 26.3 Å². The molecule has 0 amide bonds. The number of ether oxygens (including phenoxy) is 1. The summed E-state index contributed by atoms with van der Waals surface area (Å²) in [4.78, 5) is 11.2. The van der Waals surface area contributed by atoms with Crippen molar-refractivity contribution >= 4 is 12.0 Å². The van der Waals surface area contributed by atoms with E-state index in [0.29, 0.717) is 13.0 Å². The molecule has 1 aromatic rings. The number of cyclic esters (lactones) is 1. The Morgan fingerprint density at radius 1 is 1.06 bits per heavy atom. The maximum absolute atomic E-state index is 11.2. The summed E-state index contributed by atoms with van der Waals surface area (Å²) >= 11 is 0. The zero-order valence-electron chi connectivity index (χ0n) is 9.32. The van der Waals surface area contributed by atoms with Crippen molar-refractivity contribution in [1.29, 1.82) is 0 Å². The highest BCUT2D eigenvalue weighted by molar-refractivity contribution is 5.70. The molecular weight excluding hydrogens is 200 g/mol. The molecule has 1 heterocycles. The lowest BCUT2D eigenvalue weighted by molar-refractivity contribution is -0.143. The molecule has 84 valence electrons. The van der Waals surface area contributed by atoms with Gasteiger partial charge in [0, 0.05) is 6.42 Å². The highest BCUT2D eigenvalue weighted by Gasteiger charge is 2.09.